The molecular formula is C27H35Cl2FN4O. The highest BCUT2D eigenvalue weighted by Crippen LogP contribution is 2.41. The quantitative estimate of drug-likeness (QED) is 0.278. The Hall–Kier alpha value is -2.31. The molecule has 1 aromatic heterocycles. The summed E-state index contributed by atoms with van der Waals surface area (Å²) in [6.07, 6.45) is 5.08. The fourth-order valence-corrected chi connectivity index (χ4v) is 4.70. The first-order valence-corrected chi connectivity index (χ1v) is 12.6. The Balaban J connectivity index is 0.00000342. The minimum atomic E-state index is -0.164. The monoisotopic (exact) mass is 520 g/mol. The molecule has 35 heavy (non-hydrogen) atoms. The fourth-order valence-electron chi connectivity index (χ4n) is 4.47. The number of ether oxygens (including phenoxy) is 1. The van der Waals surface area contributed by atoms with Gasteiger partial charge in [-0.2, -0.15) is 4.98 Å². The van der Waals surface area contributed by atoms with Crippen LogP contribution in [0.5, 0.6) is 5.75 Å². The Morgan fingerprint density at radius 2 is 1.91 bits per heavy atom. The molecule has 1 aliphatic carbocycles. The van der Waals surface area contributed by atoms with Gasteiger partial charge in [-0.25, -0.2) is 9.07 Å². The van der Waals surface area contributed by atoms with E-state index in [1.807, 2.05) is 29.8 Å². The summed E-state index contributed by atoms with van der Waals surface area (Å²) in [6, 6.07) is 9.44. The van der Waals surface area contributed by atoms with Crippen LogP contribution in [0, 0.1) is 25.6 Å². The summed E-state index contributed by atoms with van der Waals surface area (Å²) in [5.41, 5.74) is 3.41. The van der Waals surface area contributed by atoms with Crippen molar-refractivity contribution in [2.75, 3.05) is 18.6 Å². The number of rotatable bonds is 10. The summed E-state index contributed by atoms with van der Waals surface area (Å²) in [5.74, 6) is 2.74. The number of hydrogen-bond donors (Lipinski definition) is 0. The van der Waals surface area contributed by atoms with Crippen LogP contribution in [0.4, 0.5) is 10.3 Å². The van der Waals surface area contributed by atoms with Crippen molar-refractivity contribution in [2.45, 2.75) is 65.8 Å². The molecule has 4 rings (SSSR count). The molecule has 3 aromatic rings. The van der Waals surface area contributed by atoms with Gasteiger partial charge in [0.25, 0.3) is 0 Å². The van der Waals surface area contributed by atoms with E-state index >= 15 is 0 Å². The van der Waals surface area contributed by atoms with Gasteiger partial charge in [0.1, 0.15) is 17.4 Å². The Labute approximate surface area is 219 Å². The topological polar surface area (TPSA) is 43.2 Å². The van der Waals surface area contributed by atoms with Crippen molar-refractivity contribution in [3.8, 4) is 11.4 Å². The molecule has 190 valence electrons. The lowest BCUT2D eigenvalue weighted by Gasteiger charge is -2.31. The summed E-state index contributed by atoms with van der Waals surface area (Å²) in [6.45, 7) is 8.79. The maximum absolute atomic E-state index is 14.6. The van der Waals surface area contributed by atoms with E-state index in [-0.39, 0.29) is 24.3 Å². The highest BCUT2D eigenvalue weighted by atomic mass is 35.5. The third kappa shape index (κ3) is 5.92. The third-order valence-electron chi connectivity index (χ3n) is 6.60. The lowest BCUT2D eigenvalue weighted by atomic mass is 9.98. The predicted molar refractivity (Wildman–Crippen MR) is 143 cm³/mol. The lowest BCUT2D eigenvalue weighted by Crippen LogP contribution is -2.31. The maximum atomic E-state index is 14.6. The first-order chi connectivity index (χ1) is 16.4. The highest BCUT2D eigenvalue weighted by Gasteiger charge is 2.32. The van der Waals surface area contributed by atoms with Gasteiger partial charge in [-0.1, -0.05) is 50.4 Å². The number of aryl methyl sites for hydroxylation is 3. The molecule has 0 unspecified atom stereocenters. The molecule has 1 atom stereocenters. The van der Waals surface area contributed by atoms with Gasteiger partial charge in [-0.15, -0.1) is 17.5 Å². The fraction of sp³-hybridized carbons (Fsp3) is 0.481. The molecule has 1 fully saturated rings. The SMILES string of the molecule is CCCN(c1nc(CC)n(-c2cc(C)c(OC)cc2Cl)n1)[C@@H](CC1CC1)c1ccc(C)c(F)c1.Cl. The van der Waals surface area contributed by atoms with Crippen molar-refractivity contribution in [1.29, 1.82) is 0 Å². The number of benzene rings is 2. The van der Waals surface area contributed by atoms with Crippen LogP contribution in [0.2, 0.25) is 5.02 Å². The lowest BCUT2D eigenvalue weighted by molar-refractivity contribution is 0.411. The molecule has 0 saturated heterocycles. The van der Waals surface area contributed by atoms with Gasteiger partial charge in [-0.3, -0.25) is 0 Å². The third-order valence-corrected chi connectivity index (χ3v) is 6.91. The molecule has 0 N–H and O–H groups in total. The molecule has 1 heterocycles. The summed E-state index contributed by atoms with van der Waals surface area (Å²) < 4.78 is 21.8. The van der Waals surface area contributed by atoms with Crippen LogP contribution in [0.3, 0.4) is 0 Å². The Morgan fingerprint density at radius 1 is 1.17 bits per heavy atom. The van der Waals surface area contributed by atoms with Gasteiger partial charge < -0.3 is 9.64 Å². The van der Waals surface area contributed by atoms with Crippen LogP contribution in [0.1, 0.15) is 68.1 Å². The molecule has 2 aromatic carbocycles. The average Bonchev–Trinajstić information content (AvgIpc) is 3.55. The van der Waals surface area contributed by atoms with Crippen molar-refractivity contribution in [3.05, 3.63) is 63.7 Å². The minimum absolute atomic E-state index is 0. The van der Waals surface area contributed by atoms with E-state index in [1.54, 1.807) is 20.1 Å². The second-order valence-electron chi connectivity index (χ2n) is 9.26. The largest absolute Gasteiger partial charge is 0.496 e. The number of aromatic nitrogens is 3. The van der Waals surface area contributed by atoms with Crippen molar-refractivity contribution in [1.82, 2.24) is 14.8 Å². The van der Waals surface area contributed by atoms with Crippen LogP contribution in [0.25, 0.3) is 5.69 Å². The maximum Gasteiger partial charge on any atom is 0.245 e. The summed E-state index contributed by atoms with van der Waals surface area (Å²) in [5, 5.41) is 5.52. The van der Waals surface area contributed by atoms with E-state index in [0.717, 1.165) is 47.8 Å². The first-order valence-electron chi connectivity index (χ1n) is 12.2. The van der Waals surface area contributed by atoms with Gasteiger partial charge in [0, 0.05) is 19.0 Å². The van der Waals surface area contributed by atoms with E-state index in [2.05, 4.69) is 24.8 Å². The predicted octanol–water partition coefficient (Wildman–Crippen LogP) is 7.43. The smallest absolute Gasteiger partial charge is 0.245 e. The second-order valence-corrected chi connectivity index (χ2v) is 9.67. The standard InChI is InChI=1S/C27H34ClFN4O.ClH/c1-6-12-32(23(14-19-9-10-19)20-11-8-17(3)22(29)15-20)27-30-26(7-2)33(31-27)24-13-18(4)25(34-5)16-21(24)28;/h8,11,13,15-16,19,23H,6-7,9-10,12,14H2,1-5H3;1H/t23-;/m0./s1. The number of anilines is 1. The second kappa shape index (κ2) is 11.6. The normalized spacial score (nSPS) is 13.9. The average molecular weight is 522 g/mol. The van der Waals surface area contributed by atoms with Crippen molar-refractivity contribution in [2.24, 2.45) is 5.92 Å². The van der Waals surface area contributed by atoms with Gasteiger partial charge in [0.2, 0.25) is 5.95 Å². The Bertz CT molecular complexity index is 1160. The van der Waals surface area contributed by atoms with Crippen LogP contribution >= 0.6 is 24.0 Å². The number of hydrogen-bond acceptors (Lipinski definition) is 4. The summed E-state index contributed by atoms with van der Waals surface area (Å²) >= 11 is 6.64. The van der Waals surface area contributed by atoms with E-state index < -0.39 is 0 Å². The number of halogens is 3. The van der Waals surface area contributed by atoms with E-state index in [4.69, 9.17) is 26.4 Å². The van der Waals surface area contributed by atoms with E-state index in [1.165, 1.54) is 12.8 Å². The van der Waals surface area contributed by atoms with Crippen LogP contribution in [-0.4, -0.2) is 28.4 Å². The summed E-state index contributed by atoms with van der Waals surface area (Å²) in [7, 11) is 1.64. The molecule has 0 bridgehead atoms. The molecular weight excluding hydrogens is 486 g/mol. The number of methoxy groups -OCH3 is 1. The molecule has 0 aliphatic heterocycles. The van der Waals surface area contributed by atoms with E-state index in [9.17, 15) is 4.39 Å². The summed E-state index contributed by atoms with van der Waals surface area (Å²) in [4.78, 5) is 7.20. The Kier molecular flexibility index (Phi) is 9.05. The zero-order valence-electron chi connectivity index (χ0n) is 21.1. The molecule has 5 nitrogen and oxygen atoms in total. The molecule has 0 radical (unpaired) electrons. The first kappa shape index (κ1) is 27.3. The van der Waals surface area contributed by atoms with Crippen molar-refractivity contribution in [3.63, 3.8) is 0 Å². The molecule has 1 aliphatic rings. The minimum Gasteiger partial charge on any atom is -0.496 e. The molecule has 0 amide bonds. The molecule has 1 saturated carbocycles. The van der Waals surface area contributed by atoms with Crippen LogP contribution in [-0.2, 0) is 6.42 Å². The Morgan fingerprint density at radius 3 is 2.51 bits per heavy atom. The van der Waals surface area contributed by atoms with Gasteiger partial charge in [0.05, 0.1) is 23.9 Å². The van der Waals surface area contributed by atoms with Crippen molar-refractivity contribution < 1.29 is 9.13 Å². The van der Waals surface area contributed by atoms with Crippen LogP contribution < -0.4 is 9.64 Å². The van der Waals surface area contributed by atoms with Crippen LogP contribution in [0.15, 0.2) is 30.3 Å². The molecule has 8 heteroatoms. The highest BCUT2D eigenvalue weighted by molar-refractivity contribution is 6.32. The van der Waals surface area contributed by atoms with Crippen molar-refractivity contribution >= 4 is 30.0 Å². The zero-order valence-corrected chi connectivity index (χ0v) is 22.7. The number of nitrogens with zero attached hydrogens (tertiary/aromatic N) is 4. The van der Waals surface area contributed by atoms with Gasteiger partial charge >= 0.3 is 0 Å². The zero-order chi connectivity index (χ0) is 24.4. The van der Waals surface area contributed by atoms with E-state index in [0.29, 0.717) is 28.9 Å². The van der Waals surface area contributed by atoms with Gasteiger partial charge in [-0.05, 0) is 61.4 Å². The molecule has 0 spiro atoms. The van der Waals surface area contributed by atoms with Gasteiger partial charge in [0.15, 0.2) is 0 Å².